The van der Waals surface area contributed by atoms with Crippen LogP contribution in [0.25, 0.3) is 10.9 Å². The maximum Gasteiger partial charge on any atom is 0.258 e. The molecule has 0 spiro atoms. The Bertz CT molecular complexity index is 950. The van der Waals surface area contributed by atoms with Gasteiger partial charge in [-0.05, 0) is 43.2 Å². The number of H-pyrrole nitrogens is 1. The molecule has 1 aliphatic rings. The van der Waals surface area contributed by atoms with E-state index in [4.69, 9.17) is 11.6 Å². The van der Waals surface area contributed by atoms with Crippen LogP contribution in [-0.4, -0.2) is 16.0 Å². The fourth-order valence-corrected chi connectivity index (χ4v) is 3.44. The van der Waals surface area contributed by atoms with E-state index in [1.807, 2.05) is 6.07 Å². The monoisotopic (exact) mass is 325 g/mol. The van der Waals surface area contributed by atoms with Crippen molar-refractivity contribution >= 4 is 28.2 Å². The zero-order valence-corrected chi connectivity index (χ0v) is 13.5. The molecule has 1 atom stereocenters. The Balaban J connectivity index is 1.74. The lowest BCUT2D eigenvalue weighted by molar-refractivity contribution is 0.655. The lowest BCUT2D eigenvalue weighted by atomic mass is 10.1. The number of nitrogens with zero attached hydrogens (tertiary/aromatic N) is 2. The number of rotatable bonds is 2. The summed E-state index contributed by atoms with van der Waals surface area (Å²) < 4.78 is 0. The van der Waals surface area contributed by atoms with Gasteiger partial charge in [0, 0.05) is 16.8 Å². The van der Waals surface area contributed by atoms with Crippen molar-refractivity contribution in [1.29, 1.82) is 0 Å². The molecule has 0 unspecified atom stereocenters. The summed E-state index contributed by atoms with van der Waals surface area (Å²) >= 11 is 5.95. The number of nitrogens with one attached hydrogen (secondary N) is 1. The van der Waals surface area contributed by atoms with Crippen molar-refractivity contribution in [3.05, 3.63) is 69.2 Å². The molecule has 116 valence electrons. The third-order valence-electron chi connectivity index (χ3n) is 4.38. The van der Waals surface area contributed by atoms with Crippen LogP contribution in [0.15, 0.2) is 47.3 Å². The largest absolute Gasteiger partial charge is 0.361 e. The van der Waals surface area contributed by atoms with Gasteiger partial charge in [0.1, 0.15) is 5.82 Å². The van der Waals surface area contributed by atoms with Gasteiger partial charge in [0.15, 0.2) is 0 Å². The van der Waals surface area contributed by atoms with Crippen molar-refractivity contribution in [2.45, 2.75) is 25.9 Å². The van der Waals surface area contributed by atoms with Crippen molar-refractivity contribution in [2.75, 3.05) is 4.90 Å². The summed E-state index contributed by atoms with van der Waals surface area (Å²) in [4.78, 5) is 22.0. The first-order valence-corrected chi connectivity index (χ1v) is 8.02. The van der Waals surface area contributed by atoms with E-state index in [0.717, 1.165) is 6.42 Å². The standard InChI is InChI=1S/C18H16ClN3O/c1-11-8-12-4-2-3-5-16(12)22(11)10-17-20-15-7-6-13(19)9-14(15)18(23)21-17/h2-7,9,11H,8,10H2,1H3,(H,20,21,23)/t11-/m0/s1. The summed E-state index contributed by atoms with van der Waals surface area (Å²) in [6, 6.07) is 14.0. The van der Waals surface area contributed by atoms with Gasteiger partial charge in [0.2, 0.25) is 0 Å². The summed E-state index contributed by atoms with van der Waals surface area (Å²) in [5.41, 5.74) is 3.09. The molecular formula is C18H16ClN3O. The zero-order chi connectivity index (χ0) is 16.0. The first kappa shape index (κ1) is 14.3. The molecule has 0 aliphatic carbocycles. The van der Waals surface area contributed by atoms with E-state index >= 15 is 0 Å². The van der Waals surface area contributed by atoms with E-state index < -0.39 is 0 Å². The van der Waals surface area contributed by atoms with E-state index in [2.05, 4.69) is 40.0 Å². The molecule has 1 N–H and O–H groups in total. The average molecular weight is 326 g/mol. The lowest BCUT2D eigenvalue weighted by Crippen LogP contribution is -2.30. The first-order chi connectivity index (χ1) is 11.1. The smallest absolute Gasteiger partial charge is 0.258 e. The number of hydrogen-bond donors (Lipinski definition) is 1. The molecule has 4 rings (SSSR count). The highest BCUT2D eigenvalue weighted by Gasteiger charge is 2.26. The summed E-state index contributed by atoms with van der Waals surface area (Å²) in [5.74, 6) is 0.674. The number of anilines is 1. The van der Waals surface area contributed by atoms with Crippen LogP contribution >= 0.6 is 11.6 Å². The molecule has 2 heterocycles. The maximum absolute atomic E-state index is 12.3. The number of para-hydroxylation sites is 1. The van der Waals surface area contributed by atoms with Crippen molar-refractivity contribution in [3.8, 4) is 0 Å². The molecule has 3 aromatic rings. The zero-order valence-electron chi connectivity index (χ0n) is 12.7. The third-order valence-corrected chi connectivity index (χ3v) is 4.62. The highest BCUT2D eigenvalue weighted by Crippen LogP contribution is 2.32. The molecule has 1 aromatic heterocycles. The highest BCUT2D eigenvalue weighted by molar-refractivity contribution is 6.31. The van der Waals surface area contributed by atoms with Gasteiger partial charge in [-0.15, -0.1) is 0 Å². The minimum absolute atomic E-state index is 0.146. The lowest BCUT2D eigenvalue weighted by Gasteiger charge is -2.24. The summed E-state index contributed by atoms with van der Waals surface area (Å²) in [5, 5.41) is 1.07. The predicted octanol–water partition coefficient (Wildman–Crippen LogP) is 3.53. The second kappa shape index (κ2) is 5.39. The Kier molecular flexibility index (Phi) is 3.34. The molecule has 4 nitrogen and oxygen atoms in total. The van der Waals surface area contributed by atoms with Crippen LogP contribution in [-0.2, 0) is 13.0 Å². The van der Waals surface area contributed by atoms with Crippen molar-refractivity contribution in [1.82, 2.24) is 9.97 Å². The fourth-order valence-electron chi connectivity index (χ4n) is 3.27. The molecular weight excluding hydrogens is 310 g/mol. The van der Waals surface area contributed by atoms with Crippen molar-refractivity contribution < 1.29 is 0 Å². The van der Waals surface area contributed by atoms with E-state index in [9.17, 15) is 4.79 Å². The molecule has 5 heteroatoms. The Labute approximate surface area is 138 Å². The van der Waals surface area contributed by atoms with Gasteiger partial charge in [-0.25, -0.2) is 4.98 Å². The summed E-state index contributed by atoms with van der Waals surface area (Å²) in [6.45, 7) is 2.78. The second-order valence-electron chi connectivity index (χ2n) is 5.98. The van der Waals surface area contributed by atoms with Crippen LogP contribution in [0.1, 0.15) is 18.3 Å². The second-order valence-corrected chi connectivity index (χ2v) is 6.42. The summed E-state index contributed by atoms with van der Waals surface area (Å²) in [6.07, 6.45) is 1.02. The van der Waals surface area contributed by atoms with Gasteiger partial charge < -0.3 is 9.88 Å². The fraction of sp³-hybridized carbons (Fsp3) is 0.222. The molecule has 2 aromatic carbocycles. The average Bonchev–Trinajstić information content (AvgIpc) is 2.84. The summed E-state index contributed by atoms with van der Waals surface area (Å²) in [7, 11) is 0. The quantitative estimate of drug-likeness (QED) is 0.784. The van der Waals surface area contributed by atoms with E-state index in [-0.39, 0.29) is 5.56 Å². The molecule has 0 saturated carbocycles. The van der Waals surface area contributed by atoms with Gasteiger partial charge in [-0.3, -0.25) is 4.79 Å². The van der Waals surface area contributed by atoms with Gasteiger partial charge in [0.05, 0.1) is 17.4 Å². The van der Waals surface area contributed by atoms with Gasteiger partial charge in [0.25, 0.3) is 5.56 Å². The van der Waals surface area contributed by atoms with Gasteiger partial charge in [-0.1, -0.05) is 29.8 Å². The maximum atomic E-state index is 12.3. The predicted molar refractivity (Wildman–Crippen MR) is 93.2 cm³/mol. The van der Waals surface area contributed by atoms with Crippen molar-refractivity contribution in [3.63, 3.8) is 0 Å². The van der Waals surface area contributed by atoms with Gasteiger partial charge >= 0.3 is 0 Å². The van der Waals surface area contributed by atoms with E-state index in [1.54, 1.807) is 18.2 Å². The topological polar surface area (TPSA) is 49.0 Å². The molecule has 0 fully saturated rings. The van der Waals surface area contributed by atoms with E-state index in [1.165, 1.54) is 11.3 Å². The minimum Gasteiger partial charge on any atom is -0.361 e. The SMILES string of the molecule is C[C@H]1Cc2ccccc2N1Cc1nc2ccc(Cl)cc2c(=O)[nH]1. The van der Waals surface area contributed by atoms with Crippen molar-refractivity contribution in [2.24, 2.45) is 0 Å². The molecule has 0 amide bonds. The molecule has 0 radical (unpaired) electrons. The Morgan fingerprint density at radius 2 is 2.13 bits per heavy atom. The number of hydrogen-bond acceptors (Lipinski definition) is 3. The van der Waals surface area contributed by atoms with Gasteiger partial charge in [-0.2, -0.15) is 0 Å². The van der Waals surface area contributed by atoms with Crippen LogP contribution in [0.3, 0.4) is 0 Å². The number of fused-ring (bicyclic) bond motifs is 2. The first-order valence-electron chi connectivity index (χ1n) is 7.65. The number of benzene rings is 2. The Hall–Kier alpha value is -2.33. The van der Waals surface area contributed by atoms with Crippen LogP contribution in [0.2, 0.25) is 5.02 Å². The number of aromatic nitrogens is 2. The number of aromatic amines is 1. The Morgan fingerprint density at radius 1 is 1.30 bits per heavy atom. The molecule has 23 heavy (non-hydrogen) atoms. The highest BCUT2D eigenvalue weighted by atomic mass is 35.5. The van der Waals surface area contributed by atoms with Crippen LogP contribution in [0, 0.1) is 0 Å². The van der Waals surface area contributed by atoms with Crippen LogP contribution < -0.4 is 10.5 Å². The third kappa shape index (κ3) is 2.49. The minimum atomic E-state index is -0.146. The normalized spacial score (nSPS) is 16.8. The number of halogens is 1. The Morgan fingerprint density at radius 3 is 3.00 bits per heavy atom. The van der Waals surface area contributed by atoms with Crippen LogP contribution in [0.5, 0.6) is 0 Å². The molecule has 1 aliphatic heterocycles. The van der Waals surface area contributed by atoms with E-state index in [0.29, 0.717) is 34.3 Å². The van der Waals surface area contributed by atoms with Crippen LogP contribution in [0.4, 0.5) is 5.69 Å². The molecule has 0 saturated heterocycles. The molecule has 0 bridgehead atoms.